The average molecular weight is 380 g/mol. The number of likely N-dealkylation sites (tertiary alicyclic amines) is 1. The molecule has 0 aromatic rings. The van der Waals surface area contributed by atoms with Crippen molar-refractivity contribution >= 4 is 43.2 Å². The highest BCUT2D eigenvalue weighted by Gasteiger charge is 2.30. The summed E-state index contributed by atoms with van der Waals surface area (Å²) in [7, 11) is 3.54. The number of hydrogen-bond acceptors (Lipinski definition) is 7. The molecule has 10 nitrogen and oxygen atoms in total. The Kier molecular flexibility index (Phi) is 7.63. The van der Waals surface area contributed by atoms with Gasteiger partial charge in [-0.1, -0.05) is 0 Å². The van der Waals surface area contributed by atoms with Gasteiger partial charge in [0, 0.05) is 13.1 Å². The van der Waals surface area contributed by atoms with Crippen molar-refractivity contribution in [2.24, 2.45) is 4.99 Å². The van der Waals surface area contributed by atoms with Crippen LogP contribution >= 0.6 is 18.9 Å². The van der Waals surface area contributed by atoms with Crippen LogP contribution < -0.4 is 10.6 Å². The van der Waals surface area contributed by atoms with Crippen LogP contribution in [0.15, 0.2) is 4.99 Å². The van der Waals surface area contributed by atoms with E-state index in [-0.39, 0.29) is 12.0 Å². The highest BCUT2D eigenvalue weighted by molar-refractivity contribution is 7.11. The molecule has 0 aromatic heterocycles. The standard InChI is InChI=1S/C12H22N4O6P2/c1-12(2,3)20-11(19)16-5-4-7(6-16)13-8(14-9(17)21-23)15-10(18)22-24/h7H,4-6,23-24H2,1-3H3,(H2,13,14,15,17,18)/t7-/m1/s1. The van der Waals surface area contributed by atoms with Gasteiger partial charge in [0.1, 0.15) is 5.60 Å². The van der Waals surface area contributed by atoms with Gasteiger partial charge in [0.2, 0.25) is 5.96 Å². The van der Waals surface area contributed by atoms with E-state index in [1.54, 1.807) is 39.7 Å². The predicted molar refractivity (Wildman–Crippen MR) is 92.3 cm³/mol. The summed E-state index contributed by atoms with van der Waals surface area (Å²) in [5.41, 5.74) is -0.586. The largest absolute Gasteiger partial charge is 0.444 e. The highest BCUT2D eigenvalue weighted by Crippen LogP contribution is 2.17. The maximum atomic E-state index is 12.0. The quantitative estimate of drug-likeness (QED) is 0.403. The molecule has 1 saturated heterocycles. The van der Waals surface area contributed by atoms with Gasteiger partial charge < -0.3 is 18.7 Å². The monoisotopic (exact) mass is 380 g/mol. The molecule has 1 fully saturated rings. The fraction of sp³-hybridized carbons (Fsp3) is 0.667. The highest BCUT2D eigenvalue weighted by atomic mass is 31.0. The normalized spacial score (nSPS) is 16.9. The number of rotatable bonds is 1. The van der Waals surface area contributed by atoms with Crippen LogP contribution in [0.1, 0.15) is 27.2 Å². The van der Waals surface area contributed by atoms with Gasteiger partial charge in [0.05, 0.1) is 25.0 Å². The number of guanidine groups is 1. The molecular weight excluding hydrogens is 358 g/mol. The fourth-order valence-corrected chi connectivity index (χ4v) is 1.99. The maximum Gasteiger partial charge on any atom is 0.416 e. The number of aliphatic imine (C=N–C) groups is 1. The van der Waals surface area contributed by atoms with Crippen molar-refractivity contribution in [3.05, 3.63) is 0 Å². The first-order valence-electron chi connectivity index (χ1n) is 7.05. The Morgan fingerprint density at radius 1 is 1.12 bits per heavy atom. The van der Waals surface area contributed by atoms with Crippen LogP contribution in [-0.4, -0.2) is 53.9 Å². The number of nitrogens with one attached hydrogen (secondary N) is 2. The molecule has 0 spiro atoms. The lowest BCUT2D eigenvalue weighted by atomic mass is 10.2. The fourth-order valence-electron chi connectivity index (χ4n) is 1.87. The van der Waals surface area contributed by atoms with Crippen LogP contribution in [0, 0.1) is 0 Å². The number of amides is 3. The third kappa shape index (κ3) is 7.27. The molecule has 2 unspecified atom stereocenters. The van der Waals surface area contributed by atoms with Crippen molar-refractivity contribution in [3.63, 3.8) is 0 Å². The zero-order chi connectivity index (χ0) is 18.3. The lowest BCUT2D eigenvalue weighted by Crippen LogP contribution is -2.44. The lowest BCUT2D eigenvalue weighted by Gasteiger charge is -2.24. The second kappa shape index (κ2) is 8.99. The van der Waals surface area contributed by atoms with E-state index in [1.807, 2.05) is 0 Å². The third-order valence-electron chi connectivity index (χ3n) is 2.78. The number of carbonyl (C=O) groups excluding carboxylic acids is 3. The minimum Gasteiger partial charge on any atom is -0.444 e. The average Bonchev–Trinajstić information content (AvgIpc) is 2.93. The Balaban J connectivity index is 2.71. The van der Waals surface area contributed by atoms with E-state index in [0.29, 0.717) is 19.5 Å². The molecule has 0 radical (unpaired) electrons. The second-order valence-corrected chi connectivity index (χ2v) is 6.38. The van der Waals surface area contributed by atoms with Crippen LogP contribution in [-0.2, 0) is 13.8 Å². The SMILES string of the molecule is CC(C)(C)OC(=O)N1CC[C@@H](N=C(NC(=O)OP)NC(=O)OP)C1. The summed E-state index contributed by atoms with van der Waals surface area (Å²) in [4.78, 5) is 40.3. The molecule has 0 aromatic carbocycles. The molecule has 1 heterocycles. The molecule has 3 amide bonds. The zero-order valence-corrected chi connectivity index (χ0v) is 16.0. The van der Waals surface area contributed by atoms with Gasteiger partial charge in [-0.3, -0.25) is 10.6 Å². The van der Waals surface area contributed by atoms with Crippen molar-refractivity contribution in [2.75, 3.05) is 13.1 Å². The number of hydrogen-bond donors (Lipinski definition) is 2. The summed E-state index contributed by atoms with van der Waals surface area (Å²) >= 11 is 0. The second-order valence-electron chi connectivity index (χ2n) is 5.91. The number of nitrogens with zero attached hydrogens (tertiary/aromatic N) is 2. The molecule has 1 rings (SSSR count). The smallest absolute Gasteiger partial charge is 0.416 e. The van der Waals surface area contributed by atoms with Crippen LogP contribution in [0.2, 0.25) is 0 Å². The summed E-state index contributed by atoms with van der Waals surface area (Å²) in [5.74, 6) is -0.133. The topological polar surface area (TPSA) is 119 Å². The molecule has 0 bridgehead atoms. The van der Waals surface area contributed by atoms with Gasteiger partial charge in [0.15, 0.2) is 0 Å². The lowest BCUT2D eigenvalue weighted by molar-refractivity contribution is 0.0292. The van der Waals surface area contributed by atoms with Crippen molar-refractivity contribution in [2.45, 2.75) is 38.8 Å². The molecule has 1 aliphatic rings. The molecule has 136 valence electrons. The Hall–Kier alpha value is -1.66. The zero-order valence-electron chi connectivity index (χ0n) is 13.7. The summed E-state index contributed by atoms with van der Waals surface area (Å²) in [6.07, 6.45) is -1.54. The third-order valence-corrected chi connectivity index (χ3v) is 3.21. The van der Waals surface area contributed by atoms with Crippen LogP contribution in [0.3, 0.4) is 0 Å². The summed E-state index contributed by atoms with van der Waals surface area (Å²) in [6, 6.07) is -0.317. The van der Waals surface area contributed by atoms with Crippen molar-refractivity contribution < 1.29 is 28.2 Å². The molecule has 1 aliphatic heterocycles. The van der Waals surface area contributed by atoms with E-state index in [1.165, 1.54) is 4.90 Å². The van der Waals surface area contributed by atoms with Gasteiger partial charge in [-0.15, -0.1) is 0 Å². The predicted octanol–water partition coefficient (Wildman–Crippen LogP) is 1.38. The Morgan fingerprint density at radius 3 is 2.12 bits per heavy atom. The Morgan fingerprint density at radius 2 is 1.67 bits per heavy atom. The first-order valence-corrected chi connectivity index (χ1v) is 8.00. The molecule has 0 aliphatic carbocycles. The number of carbonyl (C=O) groups is 3. The van der Waals surface area contributed by atoms with E-state index in [9.17, 15) is 14.4 Å². The molecule has 2 N–H and O–H groups in total. The van der Waals surface area contributed by atoms with E-state index >= 15 is 0 Å². The van der Waals surface area contributed by atoms with Gasteiger partial charge in [-0.2, -0.15) is 0 Å². The van der Waals surface area contributed by atoms with Crippen molar-refractivity contribution in [3.8, 4) is 0 Å². The van der Waals surface area contributed by atoms with Crippen LogP contribution in [0.4, 0.5) is 14.4 Å². The first kappa shape index (κ1) is 20.4. The van der Waals surface area contributed by atoms with Gasteiger partial charge in [-0.25, -0.2) is 19.4 Å². The van der Waals surface area contributed by atoms with Crippen molar-refractivity contribution in [1.82, 2.24) is 15.5 Å². The molecule has 3 atom stereocenters. The van der Waals surface area contributed by atoms with E-state index in [0.717, 1.165) is 0 Å². The minimum atomic E-state index is -0.829. The summed E-state index contributed by atoms with van der Waals surface area (Å²) < 4.78 is 14.0. The minimum absolute atomic E-state index is 0.133. The van der Waals surface area contributed by atoms with Crippen molar-refractivity contribution in [1.29, 1.82) is 0 Å². The van der Waals surface area contributed by atoms with Gasteiger partial charge >= 0.3 is 18.3 Å². The molecule has 12 heteroatoms. The molecular formula is C12H22N4O6P2. The summed E-state index contributed by atoms with van der Waals surface area (Å²) in [5, 5.41) is 4.51. The van der Waals surface area contributed by atoms with E-state index in [2.05, 4.69) is 24.7 Å². The Bertz CT molecular complexity index is 502. The van der Waals surface area contributed by atoms with E-state index in [4.69, 9.17) is 4.74 Å². The van der Waals surface area contributed by atoms with Gasteiger partial charge in [-0.05, 0) is 27.2 Å². The first-order chi connectivity index (χ1) is 11.1. The maximum absolute atomic E-state index is 12.0. The number of ether oxygens (including phenoxy) is 1. The van der Waals surface area contributed by atoms with E-state index < -0.39 is 23.9 Å². The molecule has 24 heavy (non-hydrogen) atoms. The Labute approximate surface area is 144 Å². The molecule has 0 saturated carbocycles. The van der Waals surface area contributed by atoms with Crippen LogP contribution in [0.5, 0.6) is 0 Å². The summed E-state index contributed by atoms with van der Waals surface area (Å²) in [6.45, 7) is 6.11. The van der Waals surface area contributed by atoms with Gasteiger partial charge in [0.25, 0.3) is 0 Å². The van der Waals surface area contributed by atoms with Crippen LogP contribution in [0.25, 0.3) is 0 Å².